The van der Waals surface area contributed by atoms with E-state index in [0.717, 1.165) is 82.8 Å². The Hall–Kier alpha value is -7.86. The van der Waals surface area contributed by atoms with Crippen molar-refractivity contribution in [2.24, 2.45) is 0 Å². The molecule has 0 spiro atoms. The molecule has 0 atom stereocenters. The largest absolute Gasteiger partial charge is 0.310 e. The Bertz CT molecular complexity index is 3420. The molecule has 8 aromatic carbocycles. The highest BCUT2D eigenvalue weighted by atomic mass is 15.1. The smallest absolute Gasteiger partial charge is 0.189 e. The van der Waals surface area contributed by atoms with E-state index in [-0.39, 0.29) is 0 Å². The van der Waals surface area contributed by atoms with Crippen molar-refractivity contribution in [3.63, 3.8) is 0 Å². The molecule has 0 aliphatic rings. The number of rotatable bonds is 4. The van der Waals surface area contributed by atoms with Crippen LogP contribution in [0.1, 0.15) is 5.56 Å². The lowest BCUT2D eigenvalue weighted by atomic mass is 10.00. The highest BCUT2D eigenvalue weighted by Crippen LogP contribution is 2.42. The van der Waals surface area contributed by atoms with Gasteiger partial charge in [0.2, 0.25) is 0 Å². The zero-order valence-electron chi connectivity index (χ0n) is 29.5. The lowest BCUT2D eigenvalue weighted by Gasteiger charge is -2.18. The summed E-state index contributed by atoms with van der Waals surface area (Å²) in [4.78, 5) is 3.78. The van der Waals surface area contributed by atoms with E-state index in [9.17, 15) is 5.26 Å². The Morgan fingerprint density at radius 3 is 1.56 bits per heavy atom. The second-order valence-electron chi connectivity index (χ2n) is 13.9. The Balaban J connectivity index is 1.22. The van der Waals surface area contributed by atoms with Gasteiger partial charge in [-0.1, -0.05) is 121 Å². The van der Waals surface area contributed by atoms with Gasteiger partial charge in [0.25, 0.3) is 0 Å². The van der Waals surface area contributed by atoms with E-state index >= 15 is 0 Å². The first-order chi connectivity index (χ1) is 27.2. The van der Waals surface area contributed by atoms with Crippen LogP contribution in [0.3, 0.4) is 0 Å². The minimum absolute atomic E-state index is 0.583. The average molecular weight is 700 g/mol. The van der Waals surface area contributed by atoms with E-state index in [2.05, 4.69) is 182 Å². The summed E-state index contributed by atoms with van der Waals surface area (Å²) in [7, 11) is 0. The summed E-state index contributed by atoms with van der Waals surface area (Å²) in [6, 6.07) is 63.7. The van der Waals surface area contributed by atoms with Gasteiger partial charge in [0.1, 0.15) is 6.07 Å². The standard InChI is InChI=1S/C50H29N5/c1-52-34-27-28-40-38-16-5-10-22-45(38)54(49(40)30-34)42-19-7-2-13-35(42)32-25-26-33(31-51)48(29-32)55-46-23-11-6-17-39(46)41-18-12-24-47(50(41)55)53-43-20-8-3-14-36(43)37-15-4-9-21-44(37)53/h2-30H. The molecule has 0 bridgehead atoms. The van der Waals surface area contributed by atoms with Crippen LogP contribution >= 0.6 is 0 Å². The van der Waals surface area contributed by atoms with Crippen LogP contribution in [0.5, 0.6) is 0 Å². The van der Waals surface area contributed by atoms with Gasteiger partial charge in [-0.25, -0.2) is 4.85 Å². The van der Waals surface area contributed by atoms with E-state index < -0.39 is 0 Å². The Morgan fingerprint density at radius 2 is 0.927 bits per heavy atom. The molecule has 3 heterocycles. The third-order valence-electron chi connectivity index (χ3n) is 11.1. The first-order valence-electron chi connectivity index (χ1n) is 18.3. The molecule has 55 heavy (non-hydrogen) atoms. The van der Waals surface area contributed by atoms with Gasteiger partial charge in [0, 0.05) is 43.4 Å². The van der Waals surface area contributed by atoms with E-state index in [4.69, 9.17) is 6.57 Å². The fourth-order valence-corrected chi connectivity index (χ4v) is 8.79. The zero-order chi connectivity index (χ0) is 36.6. The number of fused-ring (bicyclic) bond motifs is 9. The molecule has 0 unspecified atom stereocenters. The van der Waals surface area contributed by atoms with Gasteiger partial charge in [0.05, 0.1) is 56.8 Å². The van der Waals surface area contributed by atoms with Crippen LogP contribution in [0.2, 0.25) is 0 Å². The fraction of sp³-hybridized carbons (Fsp3) is 0. The second kappa shape index (κ2) is 11.8. The van der Waals surface area contributed by atoms with Crippen molar-refractivity contribution >= 4 is 71.1 Å². The lowest BCUT2D eigenvalue weighted by molar-refractivity contribution is 1.12. The van der Waals surface area contributed by atoms with E-state index in [1.54, 1.807) is 0 Å². The number of hydrogen-bond donors (Lipinski definition) is 0. The molecule has 254 valence electrons. The van der Waals surface area contributed by atoms with Crippen LogP contribution in [0.15, 0.2) is 176 Å². The molecule has 11 aromatic rings. The van der Waals surface area contributed by atoms with Crippen LogP contribution in [-0.4, -0.2) is 13.7 Å². The molecule has 0 radical (unpaired) electrons. The molecule has 5 heteroatoms. The summed E-state index contributed by atoms with van der Waals surface area (Å²) in [5, 5.41) is 17.6. The molecule has 0 N–H and O–H groups in total. The Morgan fingerprint density at radius 1 is 0.418 bits per heavy atom. The van der Waals surface area contributed by atoms with Crippen molar-refractivity contribution in [1.29, 1.82) is 5.26 Å². The predicted molar refractivity (Wildman–Crippen MR) is 226 cm³/mol. The first kappa shape index (κ1) is 30.7. The summed E-state index contributed by atoms with van der Waals surface area (Å²) < 4.78 is 6.93. The quantitative estimate of drug-likeness (QED) is 0.169. The molecule has 11 rings (SSSR count). The predicted octanol–water partition coefficient (Wildman–Crippen LogP) is 13.1. The van der Waals surface area contributed by atoms with Gasteiger partial charge in [-0.2, -0.15) is 5.26 Å². The number of hydrogen-bond acceptors (Lipinski definition) is 1. The molecule has 0 amide bonds. The molecule has 5 nitrogen and oxygen atoms in total. The molecule has 0 saturated carbocycles. The minimum Gasteiger partial charge on any atom is -0.310 e. The average Bonchev–Trinajstić information content (AvgIpc) is 3.89. The summed E-state index contributed by atoms with van der Waals surface area (Å²) in [5.74, 6) is 0. The normalized spacial score (nSPS) is 11.6. The van der Waals surface area contributed by atoms with Gasteiger partial charge in [-0.05, 0) is 60.2 Å². The van der Waals surface area contributed by atoms with E-state index in [0.29, 0.717) is 11.3 Å². The Kier molecular flexibility index (Phi) is 6.61. The van der Waals surface area contributed by atoms with Gasteiger partial charge in [-0.15, -0.1) is 0 Å². The third-order valence-corrected chi connectivity index (χ3v) is 11.1. The van der Waals surface area contributed by atoms with Crippen molar-refractivity contribution in [2.75, 3.05) is 0 Å². The maximum absolute atomic E-state index is 10.8. The summed E-state index contributed by atoms with van der Waals surface area (Å²) >= 11 is 0. The van der Waals surface area contributed by atoms with Crippen LogP contribution in [-0.2, 0) is 0 Å². The van der Waals surface area contributed by atoms with Gasteiger partial charge >= 0.3 is 0 Å². The first-order valence-corrected chi connectivity index (χ1v) is 18.3. The third kappa shape index (κ3) is 4.39. The van der Waals surface area contributed by atoms with Gasteiger partial charge in [0.15, 0.2) is 5.69 Å². The topological polar surface area (TPSA) is 42.9 Å². The molecular formula is C50H29N5. The van der Waals surface area contributed by atoms with Gasteiger partial charge in [-0.3, -0.25) is 0 Å². The maximum Gasteiger partial charge on any atom is 0.189 e. The SMILES string of the molecule is [C-]#[N+]c1ccc2c3ccccc3n(-c3ccccc3-c3ccc(C#N)c(-n4c5ccccc5c5cccc(-n6c7ccccc7c7ccccc76)c54)c3)c2c1. The number of nitriles is 1. The molecule has 0 aliphatic carbocycles. The maximum atomic E-state index is 10.8. The molecule has 0 fully saturated rings. The summed E-state index contributed by atoms with van der Waals surface area (Å²) in [5.41, 5.74) is 12.4. The number of nitrogens with zero attached hydrogens (tertiary/aromatic N) is 5. The zero-order valence-corrected chi connectivity index (χ0v) is 29.5. The molecule has 0 aliphatic heterocycles. The number of para-hydroxylation sites is 6. The van der Waals surface area contributed by atoms with Crippen molar-refractivity contribution in [2.45, 2.75) is 0 Å². The number of aromatic nitrogens is 3. The number of benzene rings is 8. The highest BCUT2D eigenvalue weighted by molar-refractivity contribution is 6.15. The van der Waals surface area contributed by atoms with Gasteiger partial charge < -0.3 is 13.7 Å². The monoisotopic (exact) mass is 699 g/mol. The second-order valence-corrected chi connectivity index (χ2v) is 13.9. The molecular weight excluding hydrogens is 671 g/mol. The van der Waals surface area contributed by atoms with Crippen LogP contribution < -0.4 is 0 Å². The Labute approximate surface area is 316 Å². The molecule has 0 saturated heterocycles. The highest BCUT2D eigenvalue weighted by Gasteiger charge is 2.22. The summed E-state index contributed by atoms with van der Waals surface area (Å²) in [6.45, 7) is 7.78. The van der Waals surface area contributed by atoms with Crippen molar-refractivity contribution in [3.05, 3.63) is 193 Å². The lowest BCUT2D eigenvalue weighted by Crippen LogP contribution is -2.03. The molecule has 3 aromatic heterocycles. The summed E-state index contributed by atoms with van der Waals surface area (Å²) in [6.07, 6.45) is 0. The van der Waals surface area contributed by atoms with Crippen LogP contribution in [0, 0.1) is 17.9 Å². The minimum atomic E-state index is 0.583. The fourth-order valence-electron chi connectivity index (χ4n) is 8.79. The van der Waals surface area contributed by atoms with Crippen LogP contribution in [0.25, 0.3) is 98.5 Å². The van der Waals surface area contributed by atoms with E-state index in [1.165, 1.54) is 10.8 Å². The van der Waals surface area contributed by atoms with E-state index in [1.807, 2.05) is 18.2 Å². The van der Waals surface area contributed by atoms with Crippen LogP contribution in [0.4, 0.5) is 5.69 Å². The van der Waals surface area contributed by atoms with Crippen molar-refractivity contribution in [1.82, 2.24) is 13.7 Å². The van der Waals surface area contributed by atoms with Crippen molar-refractivity contribution < 1.29 is 0 Å². The van der Waals surface area contributed by atoms with Crippen molar-refractivity contribution in [3.8, 4) is 34.3 Å².